The van der Waals surface area contributed by atoms with Crippen LogP contribution in [0.5, 0.6) is 0 Å². The van der Waals surface area contributed by atoms with E-state index in [4.69, 9.17) is 9.05 Å². The SMILES string of the molecule is CCCCCCCCCCCCCCC/C=C/CC/C=C/C(O)C(COP(=O)(O)OCC[N+](C)(C)C)NC(=O)CCCCCCCCC. The predicted octanol–water partition coefficient (Wildman–Crippen LogP) is 10.2. The molecule has 0 aliphatic heterocycles. The van der Waals surface area contributed by atoms with Crippen molar-refractivity contribution in [3.63, 3.8) is 0 Å². The van der Waals surface area contributed by atoms with Crippen LogP contribution in [-0.4, -0.2) is 73.4 Å². The second-order valence-electron chi connectivity index (χ2n) is 14.7. The molecule has 0 radical (unpaired) electrons. The Kier molecular flexibility index (Phi) is 31.2. The largest absolute Gasteiger partial charge is 0.472 e. The summed E-state index contributed by atoms with van der Waals surface area (Å²) in [7, 11) is 1.55. The van der Waals surface area contributed by atoms with E-state index in [9.17, 15) is 19.4 Å². The van der Waals surface area contributed by atoms with Crippen molar-refractivity contribution in [2.24, 2.45) is 0 Å². The molecule has 0 aromatic heterocycles. The summed E-state index contributed by atoms with van der Waals surface area (Å²) < 4.78 is 23.4. The second-order valence-corrected chi connectivity index (χ2v) is 16.1. The smallest absolute Gasteiger partial charge is 0.387 e. The first-order valence-electron chi connectivity index (χ1n) is 19.7. The van der Waals surface area contributed by atoms with Crippen LogP contribution in [0.3, 0.4) is 0 Å². The maximum atomic E-state index is 12.7. The first-order valence-corrected chi connectivity index (χ1v) is 21.2. The van der Waals surface area contributed by atoms with Crippen molar-refractivity contribution in [1.29, 1.82) is 0 Å². The van der Waals surface area contributed by atoms with Crippen LogP contribution in [0.1, 0.15) is 168 Å². The molecule has 0 aliphatic rings. The summed E-state index contributed by atoms with van der Waals surface area (Å²) in [6, 6.07) is -0.855. The zero-order valence-corrected chi connectivity index (χ0v) is 32.9. The molecule has 0 aromatic rings. The average molecular weight is 702 g/mol. The van der Waals surface area contributed by atoms with Gasteiger partial charge in [0.1, 0.15) is 13.2 Å². The van der Waals surface area contributed by atoms with Crippen LogP contribution in [0.25, 0.3) is 0 Å². The number of carbonyl (C=O) groups is 1. The Morgan fingerprint density at radius 1 is 0.688 bits per heavy atom. The number of aliphatic hydroxyl groups excluding tert-OH is 1. The summed E-state index contributed by atoms with van der Waals surface area (Å²) in [5.41, 5.74) is 0. The van der Waals surface area contributed by atoms with Gasteiger partial charge in [0, 0.05) is 6.42 Å². The highest BCUT2D eigenvalue weighted by molar-refractivity contribution is 7.47. The van der Waals surface area contributed by atoms with Crippen LogP contribution in [0, 0.1) is 0 Å². The van der Waals surface area contributed by atoms with Crippen molar-refractivity contribution in [1.82, 2.24) is 5.32 Å². The molecule has 0 rings (SSSR count). The molecule has 0 bridgehead atoms. The molecule has 0 aliphatic carbocycles. The number of allylic oxidation sites excluding steroid dienone is 3. The highest BCUT2D eigenvalue weighted by Crippen LogP contribution is 2.43. The maximum absolute atomic E-state index is 12.7. The summed E-state index contributed by atoms with van der Waals surface area (Å²) in [4.78, 5) is 22.8. The molecule has 284 valence electrons. The summed E-state index contributed by atoms with van der Waals surface area (Å²) in [5, 5.41) is 13.7. The van der Waals surface area contributed by atoms with Gasteiger partial charge in [-0.05, 0) is 32.1 Å². The normalized spacial score (nSPS) is 14.9. The fraction of sp³-hybridized carbons (Fsp3) is 0.872. The topological polar surface area (TPSA) is 105 Å². The number of aliphatic hydroxyl groups is 1. The Morgan fingerprint density at radius 3 is 1.67 bits per heavy atom. The lowest BCUT2D eigenvalue weighted by Crippen LogP contribution is -2.45. The van der Waals surface area contributed by atoms with Crippen LogP contribution in [0.15, 0.2) is 24.3 Å². The van der Waals surface area contributed by atoms with Crippen molar-refractivity contribution < 1.29 is 32.9 Å². The molecule has 0 aromatic carbocycles. The second kappa shape index (κ2) is 31.9. The Balaban J connectivity index is 4.43. The van der Waals surface area contributed by atoms with E-state index in [0.29, 0.717) is 17.4 Å². The molecule has 3 N–H and O–H groups in total. The van der Waals surface area contributed by atoms with Crippen molar-refractivity contribution in [2.75, 3.05) is 40.9 Å². The third-order valence-corrected chi connectivity index (χ3v) is 9.66. The van der Waals surface area contributed by atoms with E-state index in [2.05, 4.69) is 31.3 Å². The number of nitrogens with zero attached hydrogens (tertiary/aromatic N) is 1. The number of phosphoric ester groups is 1. The highest BCUT2D eigenvalue weighted by atomic mass is 31.2. The van der Waals surface area contributed by atoms with Crippen molar-refractivity contribution >= 4 is 13.7 Å². The first-order chi connectivity index (χ1) is 23.0. The van der Waals surface area contributed by atoms with E-state index in [-0.39, 0.29) is 19.1 Å². The number of carbonyl (C=O) groups excluding carboxylic acids is 1. The van der Waals surface area contributed by atoms with Crippen LogP contribution in [0.4, 0.5) is 0 Å². The molecule has 1 amide bonds. The Morgan fingerprint density at radius 2 is 1.15 bits per heavy atom. The molecule has 8 nitrogen and oxygen atoms in total. The van der Waals surface area contributed by atoms with Gasteiger partial charge in [-0.2, -0.15) is 0 Å². The molecular weight excluding hydrogens is 623 g/mol. The van der Waals surface area contributed by atoms with Crippen LogP contribution < -0.4 is 5.32 Å². The van der Waals surface area contributed by atoms with Crippen LogP contribution >= 0.6 is 7.82 Å². The lowest BCUT2D eigenvalue weighted by Gasteiger charge is -2.25. The van der Waals surface area contributed by atoms with E-state index < -0.39 is 20.0 Å². The third-order valence-electron chi connectivity index (χ3n) is 8.67. The fourth-order valence-electron chi connectivity index (χ4n) is 5.47. The monoisotopic (exact) mass is 702 g/mol. The average Bonchev–Trinajstić information content (AvgIpc) is 3.02. The lowest BCUT2D eigenvalue weighted by molar-refractivity contribution is -0.870. The van der Waals surface area contributed by atoms with Crippen molar-refractivity contribution in [2.45, 2.75) is 180 Å². The molecule has 3 unspecified atom stereocenters. The Labute approximate surface area is 296 Å². The molecule has 0 spiro atoms. The molecule has 0 saturated carbocycles. The lowest BCUT2D eigenvalue weighted by atomic mass is 10.0. The fourth-order valence-corrected chi connectivity index (χ4v) is 6.20. The molecule has 0 saturated heterocycles. The van der Waals surface area contributed by atoms with Gasteiger partial charge < -0.3 is 19.8 Å². The van der Waals surface area contributed by atoms with Gasteiger partial charge in [-0.3, -0.25) is 13.8 Å². The summed E-state index contributed by atoms with van der Waals surface area (Å²) >= 11 is 0. The number of unbranched alkanes of at least 4 members (excludes halogenated alkanes) is 20. The number of nitrogens with one attached hydrogen (secondary N) is 1. The van der Waals surface area contributed by atoms with Crippen LogP contribution in [0.2, 0.25) is 0 Å². The molecule has 48 heavy (non-hydrogen) atoms. The summed E-state index contributed by atoms with van der Waals surface area (Å²) in [6.07, 6.45) is 35.5. The zero-order chi connectivity index (χ0) is 35.8. The van der Waals surface area contributed by atoms with E-state index in [1.54, 1.807) is 6.08 Å². The third kappa shape index (κ3) is 33.5. The number of likely N-dealkylation sites (N-methyl/N-ethyl adjacent to an activating group) is 1. The maximum Gasteiger partial charge on any atom is 0.472 e. The number of phosphoric acid groups is 1. The minimum absolute atomic E-state index is 0.0574. The molecule has 3 atom stereocenters. The summed E-state index contributed by atoms with van der Waals surface area (Å²) in [6.45, 7) is 4.73. The minimum Gasteiger partial charge on any atom is -0.387 e. The van der Waals surface area contributed by atoms with Crippen molar-refractivity contribution in [3.8, 4) is 0 Å². The Bertz CT molecular complexity index is 845. The number of quaternary nitrogens is 1. The quantitative estimate of drug-likeness (QED) is 0.0263. The molecule has 0 heterocycles. The predicted molar refractivity (Wildman–Crippen MR) is 203 cm³/mol. The molecule has 0 fully saturated rings. The standard InChI is InChI=1S/C39H77N2O6P/c1-6-8-10-12-14-15-16-17-18-19-20-21-22-23-24-25-27-28-30-32-38(42)37(36-47-48(44,45)46-35-34-41(3,4)5)40-39(43)33-31-29-26-13-11-9-7-2/h24-25,30,32,37-38,42H,6-23,26-29,31,33-36H2,1-5H3,(H-,40,43,44,45)/p+1/b25-24+,32-30+. The van der Waals surface area contributed by atoms with E-state index >= 15 is 0 Å². The molecule has 9 heteroatoms. The van der Waals surface area contributed by atoms with Gasteiger partial charge in [0.05, 0.1) is 39.9 Å². The van der Waals surface area contributed by atoms with E-state index in [0.717, 1.165) is 38.5 Å². The minimum atomic E-state index is -4.33. The number of hydrogen-bond acceptors (Lipinski definition) is 5. The van der Waals surface area contributed by atoms with Gasteiger partial charge >= 0.3 is 7.82 Å². The van der Waals surface area contributed by atoms with E-state index in [1.807, 2.05) is 27.2 Å². The van der Waals surface area contributed by atoms with Gasteiger partial charge in [0.15, 0.2) is 0 Å². The van der Waals surface area contributed by atoms with Gasteiger partial charge in [-0.15, -0.1) is 0 Å². The van der Waals surface area contributed by atoms with E-state index in [1.165, 1.54) is 109 Å². The van der Waals surface area contributed by atoms with Gasteiger partial charge in [0.2, 0.25) is 5.91 Å². The number of hydrogen-bond donors (Lipinski definition) is 3. The van der Waals surface area contributed by atoms with Gasteiger partial charge in [-0.1, -0.05) is 154 Å². The van der Waals surface area contributed by atoms with Crippen molar-refractivity contribution in [3.05, 3.63) is 24.3 Å². The number of rotatable bonds is 35. The molecular formula is C39H78N2O6P+. The highest BCUT2D eigenvalue weighted by Gasteiger charge is 2.27. The zero-order valence-electron chi connectivity index (χ0n) is 32.0. The van der Waals surface area contributed by atoms with Gasteiger partial charge in [0.25, 0.3) is 0 Å². The van der Waals surface area contributed by atoms with Crippen LogP contribution in [-0.2, 0) is 18.4 Å². The Hall–Kier alpha value is -1.02. The van der Waals surface area contributed by atoms with Gasteiger partial charge in [-0.25, -0.2) is 4.57 Å². The first kappa shape index (κ1) is 47.0. The number of amides is 1. The summed E-state index contributed by atoms with van der Waals surface area (Å²) in [5.74, 6) is -0.195.